The third kappa shape index (κ3) is 4.75. The zero-order valence-electron chi connectivity index (χ0n) is 17.3. The highest BCUT2D eigenvalue weighted by Gasteiger charge is 2.34. The summed E-state index contributed by atoms with van der Waals surface area (Å²) in [5, 5.41) is 8.57. The van der Waals surface area contributed by atoms with E-state index in [1.54, 1.807) is 16.4 Å². The highest BCUT2D eigenvalue weighted by Crippen LogP contribution is 2.39. The number of anilines is 1. The normalized spacial score (nSPS) is 15.8. The highest BCUT2D eigenvalue weighted by molar-refractivity contribution is 7.99. The van der Waals surface area contributed by atoms with Crippen LogP contribution in [0.2, 0.25) is 0 Å². The number of hydrogen-bond acceptors (Lipinski definition) is 6. The zero-order chi connectivity index (χ0) is 20.8. The van der Waals surface area contributed by atoms with Crippen molar-refractivity contribution in [3.05, 3.63) is 41.1 Å². The molecule has 7 nitrogen and oxygen atoms in total. The molecule has 2 aromatic rings. The van der Waals surface area contributed by atoms with Crippen molar-refractivity contribution in [3.8, 4) is 5.75 Å². The average Bonchev–Trinajstić information content (AvgIpc) is 3.10. The molecular weight excluding hydrogens is 386 g/mol. The van der Waals surface area contributed by atoms with Crippen molar-refractivity contribution in [2.45, 2.75) is 57.7 Å². The first-order chi connectivity index (χ1) is 14.1. The largest absolute Gasteiger partial charge is 0.493 e. The minimum absolute atomic E-state index is 0.471. The molecule has 2 heterocycles. The summed E-state index contributed by atoms with van der Waals surface area (Å²) >= 11 is 1.62. The lowest BCUT2D eigenvalue weighted by molar-refractivity contribution is -0.115. The number of fused-ring (bicyclic) bond motifs is 1. The van der Waals surface area contributed by atoms with Crippen LogP contribution in [0, 0.1) is 0 Å². The van der Waals surface area contributed by atoms with Crippen molar-refractivity contribution in [3.63, 3.8) is 0 Å². The summed E-state index contributed by atoms with van der Waals surface area (Å²) in [6, 6.07) is 7.28. The first-order valence-electron chi connectivity index (χ1n) is 10.1. The lowest BCUT2D eigenvalue weighted by Crippen LogP contribution is -2.32. The van der Waals surface area contributed by atoms with Crippen LogP contribution in [0.5, 0.6) is 5.75 Å². The summed E-state index contributed by atoms with van der Waals surface area (Å²) < 4.78 is 7.79. The van der Waals surface area contributed by atoms with E-state index >= 15 is 0 Å². The Kier molecular flexibility index (Phi) is 7.19. The average molecular weight is 416 g/mol. The van der Waals surface area contributed by atoms with E-state index in [-0.39, 0.29) is 0 Å². The molecule has 0 spiro atoms. The molecule has 3 rings (SSSR count). The maximum Gasteiger partial charge on any atom is 0.248 e. The van der Waals surface area contributed by atoms with Gasteiger partial charge in [-0.1, -0.05) is 56.7 Å². The van der Waals surface area contributed by atoms with Crippen LogP contribution in [0.4, 0.5) is 5.95 Å². The van der Waals surface area contributed by atoms with Crippen LogP contribution in [0.25, 0.3) is 0 Å². The summed E-state index contributed by atoms with van der Waals surface area (Å²) in [6.07, 6.45) is 4.23. The monoisotopic (exact) mass is 415 g/mol. The van der Waals surface area contributed by atoms with Gasteiger partial charge in [-0.3, -0.25) is 4.79 Å². The molecule has 0 radical (unpaired) electrons. The number of ether oxygens (including phenoxy) is 1. The smallest absolute Gasteiger partial charge is 0.248 e. The molecule has 8 heteroatoms. The van der Waals surface area contributed by atoms with E-state index < -0.39 is 11.9 Å². The zero-order valence-corrected chi connectivity index (χ0v) is 18.1. The van der Waals surface area contributed by atoms with Gasteiger partial charge < -0.3 is 15.8 Å². The number of allylic oxidation sites excluding steroid dienone is 1. The van der Waals surface area contributed by atoms with Gasteiger partial charge in [-0.2, -0.15) is 4.98 Å². The second kappa shape index (κ2) is 9.82. The molecule has 0 saturated carbocycles. The van der Waals surface area contributed by atoms with Crippen molar-refractivity contribution < 1.29 is 9.53 Å². The molecule has 1 aromatic heterocycles. The molecule has 0 aliphatic carbocycles. The SMILES string of the molecule is CCCCOc1ccccc1C1C(C(N)=O)=C(C)Nc2nc(SCCCC)nn21. The molecule has 0 saturated heterocycles. The molecule has 1 atom stereocenters. The lowest BCUT2D eigenvalue weighted by Gasteiger charge is -2.28. The third-order valence-corrected chi connectivity index (χ3v) is 5.72. The molecule has 1 aliphatic rings. The number of rotatable bonds is 10. The van der Waals surface area contributed by atoms with Crippen LogP contribution in [-0.4, -0.2) is 33.0 Å². The minimum Gasteiger partial charge on any atom is -0.493 e. The number of unbranched alkanes of at least 4 members (excludes halogenated alkanes) is 2. The first-order valence-corrected chi connectivity index (χ1v) is 11.1. The Hall–Kier alpha value is -2.48. The fourth-order valence-corrected chi connectivity index (χ4v) is 4.18. The standard InChI is InChI=1S/C21H29N5O2S/c1-4-6-12-28-16-11-9-8-10-15(16)18-17(19(22)27)14(3)23-20-24-21(25-26(18)20)29-13-7-5-2/h8-11,18H,4-7,12-13H2,1-3H3,(H2,22,27)(H,23,24,25). The fourth-order valence-electron chi connectivity index (χ4n) is 3.27. The quantitative estimate of drug-likeness (QED) is 0.448. The minimum atomic E-state index is -0.482. The number of carbonyl (C=O) groups is 1. The number of amides is 1. The summed E-state index contributed by atoms with van der Waals surface area (Å²) in [5.41, 5.74) is 7.79. The van der Waals surface area contributed by atoms with Gasteiger partial charge in [0.15, 0.2) is 0 Å². The van der Waals surface area contributed by atoms with Gasteiger partial charge in [0.05, 0.1) is 12.2 Å². The van der Waals surface area contributed by atoms with E-state index in [1.807, 2.05) is 31.2 Å². The molecule has 1 amide bonds. The number of aromatic nitrogens is 3. The lowest BCUT2D eigenvalue weighted by atomic mass is 9.94. The number of nitrogens with two attached hydrogens (primary N) is 1. The third-order valence-electron chi connectivity index (χ3n) is 4.80. The predicted octanol–water partition coefficient (Wildman–Crippen LogP) is 4.12. The van der Waals surface area contributed by atoms with Gasteiger partial charge in [-0.25, -0.2) is 4.68 Å². The molecule has 1 aromatic carbocycles. The fraction of sp³-hybridized carbons (Fsp3) is 0.476. The second-order valence-electron chi connectivity index (χ2n) is 7.03. The maximum atomic E-state index is 12.4. The van der Waals surface area contributed by atoms with Crippen LogP contribution >= 0.6 is 11.8 Å². The molecule has 0 bridgehead atoms. The van der Waals surface area contributed by atoms with Gasteiger partial charge in [0.25, 0.3) is 0 Å². The molecule has 1 aliphatic heterocycles. The number of primary amides is 1. The number of nitrogens with one attached hydrogen (secondary N) is 1. The Bertz CT molecular complexity index is 893. The summed E-state index contributed by atoms with van der Waals surface area (Å²) in [7, 11) is 0. The van der Waals surface area contributed by atoms with E-state index in [0.717, 1.165) is 42.7 Å². The van der Waals surface area contributed by atoms with Crippen molar-refractivity contribution >= 4 is 23.6 Å². The van der Waals surface area contributed by atoms with Crippen LogP contribution in [-0.2, 0) is 4.79 Å². The molecule has 3 N–H and O–H groups in total. The highest BCUT2D eigenvalue weighted by atomic mass is 32.2. The van der Waals surface area contributed by atoms with E-state index in [1.165, 1.54) is 0 Å². The van der Waals surface area contributed by atoms with E-state index in [0.29, 0.717) is 29.0 Å². The summed E-state index contributed by atoms with van der Waals surface area (Å²) in [6.45, 7) is 6.75. The first kappa shape index (κ1) is 21.2. The van der Waals surface area contributed by atoms with Gasteiger partial charge in [0, 0.05) is 17.0 Å². The van der Waals surface area contributed by atoms with Crippen molar-refractivity contribution in [1.82, 2.24) is 14.8 Å². The van der Waals surface area contributed by atoms with Gasteiger partial charge >= 0.3 is 0 Å². The Balaban J connectivity index is 2.03. The number of nitrogens with zero attached hydrogens (tertiary/aromatic N) is 3. The molecule has 29 heavy (non-hydrogen) atoms. The Morgan fingerprint density at radius 3 is 2.76 bits per heavy atom. The van der Waals surface area contributed by atoms with Crippen LogP contribution in [0.15, 0.2) is 40.7 Å². The van der Waals surface area contributed by atoms with Crippen LogP contribution < -0.4 is 15.8 Å². The molecule has 1 unspecified atom stereocenters. The van der Waals surface area contributed by atoms with Crippen molar-refractivity contribution in [2.24, 2.45) is 5.73 Å². The Morgan fingerprint density at radius 1 is 1.28 bits per heavy atom. The number of thioether (sulfide) groups is 1. The van der Waals surface area contributed by atoms with Crippen molar-refractivity contribution in [2.75, 3.05) is 17.7 Å². The molecular formula is C21H29N5O2S. The molecule has 156 valence electrons. The maximum absolute atomic E-state index is 12.4. The number of carbonyl (C=O) groups excluding carboxylic acids is 1. The second-order valence-corrected chi connectivity index (χ2v) is 8.10. The molecule has 0 fully saturated rings. The van der Waals surface area contributed by atoms with Crippen LogP contribution in [0.1, 0.15) is 58.1 Å². The summed E-state index contributed by atoms with van der Waals surface area (Å²) in [4.78, 5) is 17.0. The number of hydrogen-bond donors (Lipinski definition) is 2. The topological polar surface area (TPSA) is 95.1 Å². The summed E-state index contributed by atoms with van der Waals surface area (Å²) in [5.74, 6) is 1.82. The van der Waals surface area contributed by atoms with E-state index in [9.17, 15) is 4.79 Å². The van der Waals surface area contributed by atoms with Gasteiger partial charge in [-0.15, -0.1) is 5.10 Å². The van der Waals surface area contributed by atoms with E-state index in [4.69, 9.17) is 15.6 Å². The van der Waals surface area contributed by atoms with Crippen molar-refractivity contribution in [1.29, 1.82) is 0 Å². The number of benzene rings is 1. The van der Waals surface area contributed by atoms with Gasteiger partial charge in [-0.05, 0) is 25.8 Å². The Labute approximate surface area is 176 Å². The predicted molar refractivity (Wildman–Crippen MR) is 116 cm³/mol. The van der Waals surface area contributed by atoms with Gasteiger partial charge in [0.2, 0.25) is 17.0 Å². The van der Waals surface area contributed by atoms with Crippen LogP contribution in [0.3, 0.4) is 0 Å². The van der Waals surface area contributed by atoms with Gasteiger partial charge in [0.1, 0.15) is 11.8 Å². The Morgan fingerprint density at radius 2 is 2.03 bits per heavy atom. The number of para-hydroxylation sites is 1. The van der Waals surface area contributed by atoms with E-state index in [2.05, 4.69) is 24.1 Å².